The third kappa shape index (κ3) is 3.89. The zero-order valence-corrected chi connectivity index (χ0v) is 15.0. The number of rotatable bonds is 5. The lowest BCUT2D eigenvalue weighted by molar-refractivity contribution is -0.134. The molecule has 23 heavy (non-hydrogen) atoms. The molecule has 3 rings (SSSR count). The second-order valence-corrected chi connectivity index (χ2v) is 8.07. The van der Waals surface area contributed by atoms with Gasteiger partial charge < -0.3 is 11.1 Å². The Balaban J connectivity index is 0.00000192. The molecule has 128 valence electrons. The second kappa shape index (κ2) is 6.82. The lowest BCUT2D eigenvalue weighted by Gasteiger charge is -2.37. The summed E-state index contributed by atoms with van der Waals surface area (Å²) in [5, 5.41) is 3.15. The van der Waals surface area contributed by atoms with E-state index >= 15 is 0 Å². The third-order valence-electron chi connectivity index (χ3n) is 5.49. The van der Waals surface area contributed by atoms with Crippen molar-refractivity contribution in [2.75, 3.05) is 6.54 Å². The van der Waals surface area contributed by atoms with Gasteiger partial charge in [0.15, 0.2) is 0 Å². The Hall–Kier alpha value is -1.06. The van der Waals surface area contributed by atoms with E-state index in [1.807, 2.05) is 19.9 Å². The zero-order valence-electron chi connectivity index (χ0n) is 14.2. The van der Waals surface area contributed by atoms with Gasteiger partial charge in [0.25, 0.3) is 0 Å². The standard InChI is InChI=1S/C19H28N2O.ClH/c1-18(2,20)13-21-17(22)19(11-14-6-4-3-5-7-14)12-15-8-9-16(19)10-15;/h3-7,15-16H,8-13,20H2,1-2H3,(H,21,22);1H. The smallest absolute Gasteiger partial charge is 0.226 e. The molecule has 1 aromatic carbocycles. The van der Waals surface area contributed by atoms with Crippen LogP contribution in [0.15, 0.2) is 30.3 Å². The molecule has 3 unspecified atom stereocenters. The lowest BCUT2D eigenvalue weighted by Crippen LogP contribution is -2.52. The maximum Gasteiger partial charge on any atom is 0.226 e. The topological polar surface area (TPSA) is 55.1 Å². The number of halogens is 1. The first kappa shape index (κ1) is 18.3. The Morgan fingerprint density at radius 2 is 2.00 bits per heavy atom. The van der Waals surface area contributed by atoms with E-state index in [4.69, 9.17) is 5.73 Å². The quantitative estimate of drug-likeness (QED) is 0.866. The molecule has 2 bridgehead atoms. The molecule has 1 amide bonds. The number of hydrogen-bond donors (Lipinski definition) is 2. The Morgan fingerprint density at radius 3 is 2.52 bits per heavy atom. The molecule has 1 aromatic rings. The van der Waals surface area contributed by atoms with Crippen LogP contribution in [-0.4, -0.2) is 18.0 Å². The number of fused-ring (bicyclic) bond motifs is 2. The van der Waals surface area contributed by atoms with Crippen molar-refractivity contribution < 1.29 is 4.79 Å². The number of nitrogens with one attached hydrogen (secondary N) is 1. The largest absolute Gasteiger partial charge is 0.354 e. The van der Waals surface area contributed by atoms with Gasteiger partial charge in [-0.1, -0.05) is 36.8 Å². The molecule has 2 aliphatic rings. The molecule has 0 aromatic heterocycles. The van der Waals surface area contributed by atoms with Gasteiger partial charge in [0.05, 0.1) is 5.41 Å². The van der Waals surface area contributed by atoms with Crippen molar-refractivity contribution in [1.29, 1.82) is 0 Å². The summed E-state index contributed by atoms with van der Waals surface area (Å²) in [6.07, 6.45) is 5.65. The van der Waals surface area contributed by atoms with Crippen molar-refractivity contribution in [3.8, 4) is 0 Å². The Bertz CT molecular complexity index is 540. The van der Waals surface area contributed by atoms with Crippen molar-refractivity contribution in [1.82, 2.24) is 5.32 Å². The predicted molar refractivity (Wildman–Crippen MR) is 96.6 cm³/mol. The summed E-state index contributed by atoms with van der Waals surface area (Å²) in [6, 6.07) is 10.5. The molecular formula is C19H29ClN2O. The fraction of sp³-hybridized carbons (Fsp3) is 0.632. The summed E-state index contributed by atoms with van der Waals surface area (Å²) in [5.41, 5.74) is 6.74. The monoisotopic (exact) mass is 336 g/mol. The molecule has 2 fully saturated rings. The number of hydrogen-bond acceptors (Lipinski definition) is 2. The highest BCUT2D eigenvalue weighted by Gasteiger charge is 2.55. The molecular weight excluding hydrogens is 308 g/mol. The number of carbonyl (C=O) groups is 1. The van der Waals surface area contributed by atoms with Gasteiger partial charge in [0.1, 0.15) is 0 Å². The minimum atomic E-state index is -0.360. The summed E-state index contributed by atoms with van der Waals surface area (Å²) in [7, 11) is 0. The molecule has 0 aliphatic heterocycles. The van der Waals surface area contributed by atoms with Crippen LogP contribution in [0.2, 0.25) is 0 Å². The number of benzene rings is 1. The minimum absolute atomic E-state index is 0. The van der Waals surface area contributed by atoms with Crippen molar-refractivity contribution >= 4 is 18.3 Å². The molecule has 3 atom stereocenters. The normalized spacial score (nSPS) is 29.2. The molecule has 0 saturated heterocycles. The van der Waals surface area contributed by atoms with Crippen LogP contribution in [0.3, 0.4) is 0 Å². The summed E-state index contributed by atoms with van der Waals surface area (Å²) in [5.74, 6) is 1.51. The highest BCUT2D eigenvalue weighted by molar-refractivity contribution is 5.85. The molecule has 3 nitrogen and oxygen atoms in total. The maximum atomic E-state index is 13.0. The van der Waals surface area contributed by atoms with Crippen LogP contribution >= 0.6 is 12.4 Å². The lowest BCUT2D eigenvalue weighted by atomic mass is 9.68. The fourth-order valence-electron chi connectivity index (χ4n) is 4.46. The first-order chi connectivity index (χ1) is 10.4. The summed E-state index contributed by atoms with van der Waals surface area (Å²) in [6.45, 7) is 4.45. The fourth-order valence-corrected chi connectivity index (χ4v) is 4.46. The van der Waals surface area contributed by atoms with Crippen LogP contribution in [0, 0.1) is 17.3 Å². The highest BCUT2D eigenvalue weighted by Crippen LogP contribution is 2.57. The van der Waals surface area contributed by atoms with Gasteiger partial charge >= 0.3 is 0 Å². The summed E-state index contributed by atoms with van der Waals surface area (Å²) in [4.78, 5) is 13.0. The van der Waals surface area contributed by atoms with Crippen LogP contribution in [0.25, 0.3) is 0 Å². The molecule has 4 heteroatoms. The van der Waals surface area contributed by atoms with Gasteiger partial charge in [-0.15, -0.1) is 12.4 Å². The van der Waals surface area contributed by atoms with Gasteiger partial charge in [-0.2, -0.15) is 0 Å². The van der Waals surface area contributed by atoms with Crippen LogP contribution in [-0.2, 0) is 11.2 Å². The number of carbonyl (C=O) groups excluding carboxylic acids is 1. The van der Waals surface area contributed by atoms with E-state index in [1.165, 1.54) is 24.8 Å². The SMILES string of the molecule is CC(C)(N)CNC(=O)C1(Cc2ccccc2)CC2CCC1C2.Cl. The molecule has 2 saturated carbocycles. The van der Waals surface area contributed by atoms with E-state index < -0.39 is 0 Å². The van der Waals surface area contributed by atoms with Gasteiger partial charge in [-0.05, 0) is 56.9 Å². The van der Waals surface area contributed by atoms with E-state index in [2.05, 4.69) is 29.6 Å². The predicted octanol–water partition coefficient (Wildman–Crippen LogP) is 3.31. The Labute approximate surface area is 145 Å². The van der Waals surface area contributed by atoms with Gasteiger partial charge in [-0.3, -0.25) is 4.79 Å². The molecule has 2 aliphatic carbocycles. The van der Waals surface area contributed by atoms with E-state index in [0.717, 1.165) is 18.8 Å². The first-order valence-corrected chi connectivity index (χ1v) is 8.50. The molecule has 0 heterocycles. The van der Waals surface area contributed by atoms with E-state index in [-0.39, 0.29) is 29.3 Å². The Morgan fingerprint density at radius 1 is 1.30 bits per heavy atom. The minimum Gasteiger partial charge on any atom is -0.354 e. The van der Waals surface area contributed by atoms with Crippen LogP contribution in [0.4, 0.5) is 0 Å². The Kier molecular flexibility index (Phi) is 5.42. The maximum absolute atomic E-state index is 13.0. The van der Waals surface area contributed by atoms with Crippen molar-refractivity contribution in [2.45, 2.75) is 51.5 Å². The number of nitrogens with two attached hydrogens (primary N) is 1. The highest BCUT2D eigenvalue weighted by atomic mass is 35.5. The first-order valence-electron chi connectivity index (χ1n) is 8.50. The van der Waals surface area contributed by atoms with E-state index in [0.29, 0.717) is 12.5 Å². The molecule has 0 spiro atoms. The van der Waals surface area contributed by atoms with E-state index in [9.17, 15) is 4.79 Å². The van der Waals surface area contributed by atoms with Gasteiger partial charge in [0.2, 0.25) is 5.91 Å². The van der Waals surface area contributed by atoms with Crippen LogP contribution < -0.4 is 11.1 Å². The zero-order chi connectivity index (χ0) is 15.8. The van der Waals surface area contributed by atoms with Crippen molar-refractivity contribution in [3.63, 3.8) is 0 Å². The van der Waals surface area contributed by atoms with Gasteiger partial charge in [-0.25, -0.2) is 0 Å². The molecule has 3 N–H and O–H groups in total. The van der Waals surface area contributed by atoms with E-state index in [1.54, 1.807) is 0 Å². The summed E-state index contributed by atoms with van der Waals surface area (Å²) >= 11 is 0. The van der Waals surface area contributed by atoms with Gasteiger partial charge in [0, 0.05) is 12.1 Å². The third-order valence-corrected chi connectivity index (χ3v) is 5.49. The number of amides is 1. The molecule has 0 radical (unpaired) electrons. The summed E-state index contributed by atoms with van der Waals surface area (Å²) < 4.78 is 0. The van der Waals surface area contributed by atoms with Crippen LogP contribution in [0.5, 0.6) is 0 Å². The average molecular weight is 337 g/mol. The van der Waals surface area contributed by atoms with Crippen molar-refractivity contribution in [2.24, 2.45) is 23.0 Å². The second-order valence-electron chi connectivity index (χ2n) is 8.07. The van der Waals surface area contributed by atoms with Crippen molar-refractivity contribution in [3.05, 3.63) is 35.9 Å². The van der Waals surface area contributed by atoms with Crippen LogP contribution in [0.1, 0.15) is 45.1 Å². The average Bonchev–Trinajstić information content (AvgIpc) is 3.06.